The van der Waals surface area contributed by atoms with E-state index in [1.165, 1.54) is 19.3 Å². The normalized spacial score (nSPS) is 19.5. The van der Waals surface area contributed by atoms with Gasteiger partial charge in [-0.1, -0.05) is 61.2 Å². The molecule has 1 aliphatic carbocycles. The Morgan fingerprint density at radius 3 is 2.57 bits per heavy atom. The zero-order valence-electron chi connectivity index (χ0n) is 16.9. The van der Waals surface area contributed by atoms with Crippen LogP contribution in [-0.2, 0) is 4.79 Å². The van der Waals surface area contributed by atoms with Gasteiger partial charge in [0.1, 0.15) is 0 Å². The Kier molecular flexibility index (Phi) is 6.35. The van der Waals surface area contributed by atoms with Crippen LogP contribution in [0, 0.1) is 0 Å². The zero-order chi connectivity index (χ0) is 21.1. The summed E-state index contributed by atoms with van der Waals surface area (Å²) in [4.78, 5) is 19.7. The number of amides is 1. The number of nitrogens with zero attached hydrogens (tertiary/aromatic N) is 2. The van der Waals surface area contributed by atoms with Crippen molar-refractivity contribution in [2.45, 2.75) is 44.3 Å². The molecule has 1 heterocycles. The smallest absolute Gasteiger partial charge is 0.272 e. The maximum atomic E-state index is 13.2. The second-order valence-electron chi connectivity index (χ2n) is 7.76. The van der Waals surface area contributed by atoms with Crippen molar-refractivity contribution in [3.8, 4) is 0 Å². The van der Waals surface area contributed by atoms with Gasteiger partial charge in [-0.2, -0.15) is 0 Å². The molecule has 1 atom stereocenters. The number of fused-ring (bicyclic) bond motifs is 1. The molecule has 5 nitrogen and oxygen atoms in total. The van der Waals surface area contributed by atoms with Crippen LogP contribution in [0.5, 0.6) is 0 Å². The third-order valence-electron chi connectivity index (χ3n) is 5.65. The van der Waals surface area contributed by atoms with Crippen molar-refractivity contribution in [2.24, 2.45) is 4.99 Å². The molecule has 1 fully saturated rings. The number of likely N-dealkylation sites (N-methyl/N-ethyl adjacent to an activating group) is 1. The molecule has 2 N–H and O–H groups in total. The predicted octanol–water partition coefficient (Wildman–Crippen LogP) is 4.28. The molecule has 2 aromatic rings. The molecule has 0 radical (unpaired) electrons. The van der Waals surface area contributed by atoms with Gasteiger partial charge in [0.05, 0.1) is 11.4 Å². The molecule has 2 aliphatic rings. The van der Waals surface area contributed by atoms with Crippen LogP contribution in [0.1, 0.15) is 43.2 Å². The first-order valence-electron chi connectivity index (χ1n) is 10.3. The Labute approximate surface area is 187 Å². The lowest BCUT2D eigenvalue weighted by Crippen LogP contribution is -2.51. The third-order valence-corrected chi connectivity index (χ3v) is 6.12. The van der Waals surface area contributed by atoms with Crippen LogP contribution in [-0.4, -0.2) is 36.0 Å². The second kappa shape index (κ2) is 9.14. The number of hydrogen-bond acceptors (Lipinski definition) is 3. The minimum atomic E-state index is -0.819. The van der Waals surface area contributed by atoms with Gasteiger partial charge in [-0.25, -0.2) is 4.99 Å². The van der Waals surface area contributed by atoms with Crippen molar-refractivity contribution in [3.05, 3.63) is 64.7 Å². The van der Waals surface area contributed by atoms with Crippen LogP contribution < -0.4 is 15.5 Å². The van der Waals surface area contributed by atoms with Gasteiger partial charge >= 0.3 is 0 Å². The van der Waals surface area contributed by atoms with E-state index in [-0.39, 0.29) is 5.91 Å². The highest BCUT2D eigenvalue weighted by atomic mass is 35.5. The van der Waals surface area contributed by atoms with Gasteiger partial charge in [0.25, 0.3) is 5.91 Å². The quantitative estimate of drug-likeness (QED) is 0.699. The Balaban J connectivity index is 1.67. The summed E-state index contributed by atoms with van der Waals surface area (Å²) in [6, 6.07) is 15.7. The number of rotatable bonds is 3. The highest BCUT2D eigenvalue weighted by Gasteiger charge is 2.31. The summed E-state index contributed by atoms with van der Waals surface area (Å²) >= 11 is 11.8. The van der Waals surface area contributed by atoms with Gasteiger partial charge in [0, 0.05) is 29.2 Å². The van der Waals surface area contributed by atoms with E-state index in [9.17, 15) is 4.79 Å². The molecule has 1 amide bonds. The number of nitrogens with one attached hydrogen (secondary N) is 2. The summed E-state index contributed by atoms with van der Waals surface area (Å²) in [5.74, 6) is -0.169. The highest BCUT2D eigenvalue weighted by molar-refractivity contribution is 7.80. The fourth-order valence-electron chi connectivity index (χ4n) is 4.06. The van der Waals surface area contributed by atoms with E-state index in [1.807, 2.05) is 42.5 Å². The lowest BCUT2D eigenvalue weighted by molar-refractivity contribution is -0.119. The number of aliphatic imine (C=N–C) groups is 1. The van der Waals surface area contributed by atoms with Crippen LogP contribution in [0.4, 0.5) is 5.69 Å². The summed E-state index contributed by atoms with van der Waals surface area (Å²) in [5.41, 5.74) is 3.22. The molecular weight excluding hydrogens is 416 g/mol. The molecule has 0 bridgehead atoms. The predicted molar refractivity (Wildman–Crippen MR) is 126 cm³/mol. The standard InChI is InChI=1S/C23H25ClN4OS/c1-28-19-13-12-16(24)14-18(19)20(15-8-4-2-5-9-15)26-21(22(28)29)27-23(30)25-17-10-6-3-7-11-17/h2,4-5,8-9,12-14,17,21H,3,6-7,10-11H2,1H3,(H2,25,27,30). The number of benzodiazepines with no additional fused rings is 1. The van der Waals surface area contributed by atoms with Gasteiger partial charge in [-0.3, -0.25) is 4.79 Å². The molecule has 30 heavy (non-hydrogen) atoms. The molecular formula is C23H25ClN4OS. The molecule has 1 unspecified atom stereocenters. The molecule has 1 aliphatic heterocycles. The van der Waals surface area contributed by atoms with Crippen molar-refractivity contribution in [3.63, 3.8) is 0 Å². The summed E-state index contributed by atoms with van der Waals surface area (Å²) in [5, 5.41) is 7.57. The molecule has 0 saturated heterocycles. The van der Waals surface area contributed by atoms with Crippen molar-refractivity contribution >= 4 is 46.2 Å². The lowest BCUT2D eigenvalue weighted by atomic mass is 9.96. The van der Waals surface area contributed by atoms with Crippen LogP contribution >= 0.6 is 23.8 Å². The van der Waals surface area contributed by atoms with Crippen LogP contribution in [0.25, 0.3) is 0 Å². The van der Waals surface area contributed by atoms with Gasteiger partial charge < -0.3 is 15.5 Å². The number of halogens is 1. The number of benzene rings is 2. The molecule has 2 aromatic carbocycles. The first-order chi connectivity index (χ1) is 14.5. The van der Waals surface area contributed by atoms with Crippen molar-refractivity contribution < 1.29 is 4.79 Å². The molecule has 1 saturated carbocycles. The lowest BCUT2D eigenvalue weighted by Gasteiger charge is -2.26. The summed E-state index contributed by atoms with van der Waals surface area (Å²) in [6.45, 7) is 0. The average molecular weight is 441 g/mol. The molecule has 4 rings (SSSR count). The molecule has 7 heteroatoms. The third kappa shape index (κ3) is 4.50. The fraction of sp³-hybridized carbons (Fsp3) is 0.348. The molecule has 156 valence electrons. The van der Waals surface area contributed by atoms with E-state index in [0.29, 0.717) is 21.9 Å². The monoisotopic (exact) mass is 440 g/mol. The van der Waals surface area contributed by atoms with Gasteiger partial charge in [0.15, 0.2) is 5.11 Å². The number of hydrogen-bond donors (Lipinski definition) is 2. The average Bonchev–Trinajstić information content (AvgIpc) is 2.85. The summed E-state index contributed by atoms with van der Waals surface area (Å²) < 4.78 is 0. The minimum absolute atomic E-state index is 0.169. The van der Waals surface area contributed by atoms with E-state index < -0.39 is 6.17 Å². The van der Waals surface area contributed by atoms with Crippen molar-refractivity contribution in [1.29, 1.82) is 0 Å². The van der Waals surface area contributed by atoms with E-state index in [4.69, 9.17) is 28.8 Å². The second-order valence-corrected chi connectivity index (χ2v) is 8.60. The van der Waals surface area contributed by atoms with Crippen LogP contribution in [0.2, 0.25) is 5.02 Å². The van der Waals surface area contributed by atoms with E-state index in [0.717, 1.165) is 29.7 Å². The number of carbonyl (C=O) groups is 1. The number of thiocarbonyl (C=S) groups is 1. The number of carbonyl (C=O) groups excluding carboxylic acids is 1. The van der Waals surface area contributed by atoms with Crippen LogP contribution in [0.3, 0.4) is 0 Å². The van der Waals surface area contributed by atoms with Gasteiger partial charge in [-0.05, 0) is 43.3 Å². The zero-order valence-corrected chi connectivity index (χ0v) is 18.5. The first kappa shape index (κ1) is 20.8. The Morgan fingerprint density at radius 1 is 1.10 bits per heavy atom. The molecule has 0 spiro atoms. The van der Waals surface area contributed by atoms with Crippen LogP contribution in [0.15, 0.2) is 53.5 Å². The van der Waals surface area contributed by atoms with Crippen molar-refractivity contribution in [1.82, 2.24) is 10.6 Å². The van der Waals surface area contributed by atoms with E-state index >= 15 is 0 Å². The SMILES string of the molecule is CN1C(=O)C(NC(=S)NC2CCCCC2)N=C(c2ccccc2)c2cc(Cl)ccc21. The first-order valence-corrected chi connectivity index (χ1v) is 11.1. The summed E-state index contributed by atoms with van der Waals surface area (Å²) in [6.07, 6.45) is 5.07. The van der Waals surface area contributed by atoms with E-state index in [2.05, 4.69) is 10.6 Å². The van der Waals surface area contributed by atoms with Gasteiger partial charge in [-0.15, -0.1) is 0 Å². The summed E-state index contributed by atoms with van der Waals surface area (Å²) in [7, 11) is 1.75. The van der Waals surface area contributed by atoms with Crippen molar-refractivity contribution in [2.75, 3.05) is 11.9 Å². The van der Waals surface area contributed by atoms with Gasteiger partial charge in [0.2, 0.25) is 6.17 Å². The Bertz CT molecular complexity index is 972. The minimum Gasteiger partial charge on any atom is -0.360 e. The topological polar surface area (TPSA) is 56.7 Å². The number of anilines is 1. The maximum absolute atomic E-state index is 13.2. The highest BCUT2D eigenvalue weighted by Crippen LogP contribution is 2.29. The maximum Gasteiger partial charge on any atom is 0.272 e. The Hall–Kier alpha value is -2.44. The largest absolute Gasteiger partial charge is 0.360 e. The van der Waals surface area contributed by atoms with E-state index in [1.54, 1.807) is 18.0 Å². The fourth-order valence-corrected chi connectivity index (χ4v) is 4.52. The Morgan fingerprint density at radius 2 is 1.83 bits per heavy atom. The molecule has 0 aromatic heterocycles.